The minimum absolute atomic E-state index is 0. The molecule has 0 aromatic rings. The summed E-state index contributed by atoms with van der Waals surface area (Å²) in [6.07, 6.45) is -2.61. The highest BCUT2D eigenvalue weighted by atomic mass is 127. The molecule has 138 valence electrons. The number of rotatable bonds is 8. The van der Waals surface area contributed by atoms with Crippen LogP contribution >= 0.6 is 24.0 Å². The highest BCUT2D eigenvalue weighted by Gasteiger charge is 2.34. The first-order valence-electron chi connectivity index (χ1n) is 7.86. The van der Waals surface area contributed by atoms with Crippen LogP contribution in [0.15, 0.2) is 4.99 Å². The second-order valence-electron chi connectivity index (χ2n) is 5.29. The van der Waals surface area contributed by atoms with Gasteiger partial charge in [-0.25, -0.2) is 0 Å². The number of nitrogens with one attached hydrogen (secondary N) is 2. The molecule has 1 aliphatic heterocycles. The second kappa shape index (κ2) is 12.1. The predicted octanol–water partition coefficient (Wildman–Crippen LogP) is 2.22. The van der Waals surface area contributed by atoms with E-state index < -0.39 is 12.7 Å². The van der Waals surface area contributed by atoms with Gasteiger partial charge in [-0.1, -0.05) is 0 Å². The number of aliphatic imine (C=N–C) groups is 1. The Morgan fingerprint density at radius 3 is 2.70 bits per heavy atom. The van der Waals surface area contributed by atoms with Crippen LogP contribution < -0.4 is 10.6 Å². The van der Waals surface area contributed by atoms with Crippen molar-refractivity contribution in [1.29, 1.82) is 0 Å². The molecule has 0 aromatic carbocycles. The largest absolute Gasteiger partial charge is 0.401 e. The molecule has 1 atom stereocenters. The average Bonchev–Trinajstić information content (AvgIpc) is 2.83. The summed E-state index contributed by atoms with van der Waals surface area (Å²) in [5.41, 5.74) is 0. The van der Waals surface area contributed by atoms with E-state index in [0.717, 1.165) is 13.0 Å². The smallest absolute Gasteiger partial charge is 0.382 e. The van der Waals surface area contributed by atoms with Crippen molar-refractivity contribution in [3.05, 3.63) is 0 Å². The molecule has 1 unspecified atom stereocenters. The van der Waals surface area contributed by atoms with Crippen LogP contribution in [0.1, 0.15) is 26.7 Å². The van der Waals surface area contributed by atoms with E-state index in [-0.39, 0.29) is 30.0 Å². The maximum Gasteiger partial charge on any atom is 0.401 e. The summed E-state index contributed by atoms with van der Waals surface area (Å²) in [4.78, 5) is 5.85. The molecular formula is C14H28F3IN4O. The van der Waals surface area contributed by atoms with Gasteiger partial charge in [-0.15, -0.1) is 24.0 Å². The number of guanidine groups is 1. The molecule has 1 aliphatic rings. The van der Waals surface area contributed by atoms with Crippen molar-refractivity contribution >= 4 is 29.9 Å². The lowest BCUT2D eigenvalue weighted by Gasteiger charge is -2.19. The quantitative estimate of drug-likeness (QED) is 0.257. The average molecular weight is 452 g/mol. The summed E-state index contributed by atoms with van der Waals surface area (Å²) in [7, 11) is 0. The number of hydrogen-bond acceptors (Lipinski definition) is 3. The minimum Gasteiger partial charge on any atom is -0.382 e. The fourth-order valence-corrected chi connectivity index (χ4v) is 2.36. The molecule has 0 radical (unpaired) electrons. The van der Waals surface area contributed by atoms with Gasteiger partial charge in [0.15, 0.2) is 5.96 Å². The number of alkyl halides is 3. The Hall–Kier alpha value is -0.290. The molecular weight excluding hydrogens is 424 g/mol. The molecule has 1 fully saturated rings. The van der Waals surface area contributed by atoms with Gasteiger partial charge in [-0.3, -0.25) is 9.89 Å². The van der Waals surface area contributed by atoms with Gasteiger partial charge in [0.1, 0.15) is 0 Å². The van der Waals surface area contributed by atoms with Gasteiger partial charge < -0.3 is 15.4 Å². The van der Waals surface area contributed by atoms with E-state index in [0.29, 0.717) is 45.2 Å². The maximum atomic E-state index is 12.4. The zero-order chi connectivity index (χ0) is 16.4. The van der Waals surface area contributed by atoms with Crippen LogP contribution in [-0.2, 0) is 4.74 Å². The molecule has 0 amide bonds. The van der Waals surface area contributed by atoms with Crippen LogP contribution in [0.25, 0.3) is 0 Å². The normalized spacial score (nSPS) is 19.5. The van der Waals surface area contributed by atoms with Gasteiger partial charge >= 0.3 is 6.18 Å². The lowest BCUT2D eigenvalue weighted by atomic mass is 10.3. The van der Waals surface area contributed by atoms with Gasteiger partial charge in [0, 0.05) is 45.4 Å². The van der Waals surface area contributed by atoms with Crippen molar-refractivity contribution < 1.29 is 17.9 Å². The summed E-state index contributed by atoms with van der Waals surface area (Å²) in [6, 6.07) is 0.00652. The summed E-state index contributed by atoms with van der Waals surface area (Å²) in [5, 5.41) is 6.33. The SMILES string of the molecule is CCNC(=NCCCOCC)NC1CCN(CC(F)(F)F)C1.I. The first kappa shape index (κ1) is 22.7. The van der Waals surface area contributed by atoms with Crippen molar-refractivity contribution in [2.45, 2.75) is 38.9 Å². The Morgan fingerprint density at radius 1 is 1.35 bits per heavy atom. The Labute approximate surface area is 153 Å². The van der Waals surface area contributed by atoms with Crippen molar-refractivity contribution in [3.8, 4) is 0 Å². The zero-order valence-electron chi connectivity index (χ0n) is 13.8. The van der Waals surface area contributed by atoms with Gasteiger partial charge in [0.05, 0.1) is 6.54 Å². The monoisotopic (exact) mass is 452 g/mol. The third-order valence-corrected chi connectivity index (χ3v) is 3.28. The van der Waals surface area contributed by atoms with E-state index in [1.165, 1.54) is 4.90 Å². The Bertz CT molecular complexity index is 342. The number of ether oxygens (including phenoxy) is 1. The van der Waals surface area contributed by atoms with E-state index in [4.69, 9.17) is 4.74 Å². The van der Waals surface area contributed by atoms with Gasteiger partial charge in [-0.2, -0.15) is 13.2 Å². The molecule has 1 heterocycles. The molecule has 23 heavy (non-hydrogen) atoms. The first-order valence-corrected chi connectivity index (χ1v) is 7.86. The van der Waals surface area contributed by atoms with E-state index in [2.05, 4.69) is 15.6 Å². The molecule has 1 saturated heterocycles. The standard InChI is InChI=1S/C14H27F3N4O.HI/c1-3-18-13(19-7-5-9-22-4-2)20-12-6-8-21(10-12)11-14(15,16)17;/h12H,3-11H2,1-2H3,(H2,18,19,20);1H. The third-order valence-electron chi connectivity index (χ3n) is 3.28. The highest BCUT2D eigenvalue weighted by molar-refractivity contribution is 14.0. The van der Waals surface area contributed by atoms with Gasteiger partial charge in [0.25, 0.3) is 0 Å². The van der Waals surface area contributed by atoms with Crippen molar-refractivity contribution in [2.75, 3.05) is 45.9 Å². The zero-order valence-corrected chi connectivity index (χ0v) is 16.1. The predicted molar refractivity (Wildman–Crippen MR) is 96.5 cm³/mol. The van der Waals surface area contributed by atoms with Gasteiger partial charge in [0.2, 0.25) is 0 Å². The molecule has 9 heteroatoms. The highest BCUT2D eigenvalue weighted by Crippen LogP contribution is 2.19. The van der Waals surface area contributed by atoms with Crippen molar-refractivity contribution in [3.63, 3.8) is 0 Å². The number of hydrogen-bond donors (Lipinski definition) is 2. The van der Waals surface area contributed by atoms with E-state index in [9.17, 15) is 13.2 Å². The van der Waals surface area contributed by atoms with E-state index >= 15 is 0 Å². The summed E-state index contributed by atoms with van der Waals surface area (Å²) in [5.74, 6) is 0.665. The lowest BCUT2D eigenvalue weighted by molar-refractivity contribution is -0.143. The van der Waals surface area contributed by atoms with Crippen LogP contribution in [0.2, 0.25) is 0 Å². The summed E-state index contributed by atoms with van der Waals surface area (Å²) < 4.78 is 42.4. The van der Waals surface area contributed by atoms with Gasteiger partial charge in [-0.05, 0) is 26.7 Å². The van der Waals surface area contributed by atoms with Crippen LogP contribution in [-0.4, -0.2) is 69.0 Å². The number of nitrogens with zero attached hydrogens (tertiary/aromatic N) is 2. The fraction of sp³-hybridized carbons (Fsp3) is 0.929. The van der Waals surface area contributed by atoms with Crippen LogP contribution in [0.5, 0.6) is 0 Å². The van der Waals surface area contributed by atoms with Crippen molar-refractivity contribution in [1.82, 2.24) is 15.5 Å². The van der Waals surface area contributed by atoms with Crippen LogP contribution in [0, 0.1) is 0 Å². The van der Waals surface area contributed by atoms with Crippen LogP contribution in [0.3, 0.4) is 0 Å². The van der Waals surface area contributed by atoms with Crippen molar-refractivity contribution in [2.24, 2.45) is 4.99 Å². The number of halogens is 4. The molecule has 0 aliphatic carbocycles. The molecule has 0 bridgehead atoms. The minimum atomic E-state index is -4.13. The molecule has 0 aromatic heterocycles. The summed E-state index contributed by atoms with van der Waals surface area (Å²) in [6.45, 7) is 6.63. The maximum absolute atomic E-state index is 12.4. The molecule has 2 N–H and O–H groups in total. The Kier molecular flexibility index (Phi) is 12.0. The van der Waals surface area contributed by atoms with Crippen LogP contribution in [0.4, 0.5) is 13.2 Å². The Morgan fingerprint density at radius 2 is 2.09 bits per heavy atom. The number of likely N-dealkylation sites (tertiary alicyclic amines) is 1. The molecule has 5 nitrogen and oxygen atoms in total. The lowest BCUT2D eigenvalue weighted by Crippen LogP contribution is -2.45. The summed E-state index contributed by atoms with van der Waals surface area (Å²) >= 11 is 0. The Balaban J connectivity index is 0.00000484. The molecule has 0 saturated carbocycles. The third kappa shape index (κ3) is 11.0. The topological polar surface area (TPSA) is 48.9 Å². The fourth-order valence-electron chi connectivity index (χ4n) is 2.36. The first-order chi connectivity index (χ1) is 10.4. The molecule has 1 rings (SSSR count). The second-order valence-corrected chi connectivity index (χ2v) is 5.29. The van der Waals surface area contributed by atoms with E-state index in [1.54, 1.807) is 0 Å². The molecule has 0 spiro atoms. The van der Waals surface area contributed by atoms with E-state index in [1.807, 2.05) is 13.8 Å².